The molecule has 0 radical (unpaired) electrons. The molecule has 3 nitrogen and oxygen atoms in total. The number of aromatic nitrogens is 1. The maximum Gasteiger partial charge on any atom is 0.184 e. The van der Waals surface area contributed by atoms with Crippen molar-refractivity contribution in [2.45, 2.75) is 31.8 Å². The zero-order chi connectivity index (χ0) is 14.9. The van der Waals surface area contributed by atoms with Crippen molar-refractivity contribution in [2.75, 3.05) is 5.32 Å². The Morgan fingerprint density at radius 2 is 1.86 bits per heavy atom. The van der Waals surface area contributed by atoms with Gasteiger partial charge in [0.05, 0.1) is 5.69 Å². The van der Waals surface area contributed by atoms with Crippen LogP contribution >= 0.6 is 11.3 Å². The molecule has 0 aliphatic heterocycles. The standard InChI is InChI=1S/C18H19N3S/c19-17(14-9-5-7-12-6-1-2-8-13(12)14)21-18-20-15-10-3-4-11-16(15)22-18/h1-2,5-9,17H,3-4,10-11,19H2,(H,20,21). The second-order valence-electron chi connectivity index (χ2n) is 5.79. The van der Waals surface area contributed by atoms with E-state index < -0.39 is 0 Å². The predicted octanol–water partition coefficient (Wildman–Crippen LogP) is 4.24. The largest absolute Gasteiger partial charge is 0.342 e. The third-order valence-corrected chi connectivity index (χ3v) is 5.37. The van der Waals surface area contributed by atoms with Crippen LogP contribution < -0.4 is 11.1 Å². The molecule has 0 saturated carbocycles. The highest BCUT2D eigenvalue weighted by Crippen LogP contribution is 2.31. The first-order valence-corrected chi connectivity index (χ1v) is 8.61. The first kappa shape index (κ1) is 13.7. The Balaban J connectivity index is 1.63. The van der Waals surface area contributed by atoms with E-state index in [1.807, 2.05) is 0 Å². The van der Waals surface area contributed by atoms with Crippen LogP contribution in [-0.4, -0.2) is 4.98 Å². The van der Waals surface area contributed by atoms with Crippen LogP contribution in [0.4, 0.5) is 5.13 Å². The molecule has 0 saturated heterocycles. The van der Waals surface area contributed by atoms with Gasteiger partial charge in [0.1, 0.15) is 6.17 Å². The second-order valence-corrected chi connectivity index (χ2v) is 6.87. The minimum atomic E-state index is -0.237. The summed E-state index contributed by atoms with van der Waals surface area (Å²) in [5.41, 5.74) is 8.79. The number of hydrogen-bond donors (Lipinski definition) is 2. The number of thiazole rings is 1. The number of nitrogens with zero attached hydrogens (tertiary/aromatic N) is 1. The molecule has 4 rings (SSSR count). The Kier molecular flexibility index (Phi) is 3.56. The summed E-state index contributed by atoms with van der Waals surface area (Å²) in [4.78, 5) is 6.15. The molecule has 0 bridgehead atoms. The summed E-state index contributed by atoms with van der Waals surface area (Å²) in [6.45, 7) is 0. The highest BCUT2D eigenvalue weighted by atomic mass is 32.1. The SMILES string of the molecule is NC(Nc1nc2c(s1)CCCC2)c1cccc2ccccc12. The van der Waals surface area contributed by atoms with Crippen molar-refractivity contribution in [3.8, 4) is 0 Å². The number of aryl methyl sites for hydroxylation is 2. The van der Waals surface area contributed by atoms with Crippen molar-refractivity contribution in [1.82, 2.24) is 4.98 Å². The fourth-order valence-corrected chi connectivity index (χ4v) is 4.23. The van der Waals surface area contributed by atoms with Gasteiger partial charge in [0, 0.05) is 4.88 Å². The quantitative estimate of drug-likeness (QED) is 0.711. The Hall–Kier alpha value is -1.91. The minimum absolute atomic E-state index is 0.237. The molecule has 22 heavy (non-hydrogen) atoms. The van der Waals surface area contributed by atoms with Gasteiger partial charge < -0.3 is 11.1 Å². The fraction of sp³-hybridized carbons (Fsp3) is 0.278. The lowest BCUT2D eigenvalue weighted by molar-refractivity contribution is 0.682. The van der Waals surface area contributed by atoms with Crippen LogP contribution in [0.2, 0.25) is 0 Å². The van der Waals surface area contributed by atoms with Crippen LogP contribution in [0.5, 0.6) is 0 Å². The minimum Gasteiger partial charge on any atom is -0.342 e. The lowest BCUT2D eigenvalue weighted by Crippen LogP contribution is -2.20. The molecule has 1 aliphatic carbocycles. The van der Waals surface area contributed by atoms with Crippen LogP contribution in [0, 0.1) is 0 Å². The van der Waals surface area contributed by atoms with Gasteiger partial charge in [-0.1, -0.05) is 42.5 Å². The topological polar surface area (TPSA) is 50.9 Å². The lowest BCUT2D eigenvalue weighted by Gasteiger charge is -2.15. The molecule has 1 heterocycles. The Morgan fingerprint density at radius 1 is 1.05 bits per heavy atom. The maximum atomic E-state index is 6.41. The molecule has 1 aliphatic rings. The van der Waals surface area contributed by atoms with E-state index in [0.29, 0.717) is 0 Å². The number of anilines is 1. The van der Waals surface area contributed by atoms with Crippen LogP contribution in [0.15, 0.2) is 42.5 Å². The van der Waals surface area contributed by atoms with Crippen LogP contribution in [-0.2, 0) is 12.8 Å². The van der Waals surface area contributed by atoms with Crippen molar-refractivity contribution in [1.29, 1.82) is 0 Å². The molecule has 2 aromatic carbocycles. The smallest absolute Gasteiger partial charge is 0.184 e. The summed E-state index contributed by atoms with van der Waals surface area (Å²) in [5, 5.41) is 6.76. The van der Waals surface area contributed by atoms with Crippen molar-refractivity contribution in [3.63, 3.8) is 0 Å². The molecule has 3 N–H and O–H groups in total. The monoisotopic (exact) mass is 309 g/mol. The van der Waals surface area contributed by atoms with Crippen molar-refractivity contribution in [2.24, 2.45) is 5.73 Å². The Bertz CT molecular complexity index is 780. The lowest BCUT2D eigenvalue weighted by atomic mass is 10.0. The molecule has 1 atom stereocenters. The third-order valence-electron chi connectivity index (χ3n) is 4.28. The summed E-state index contributed by atoms with van der Waals surface area (Å²) in [6, 6.07) is 14.6. The van der Waals surface area contributed by atoms with Crippen LogP contribution in [0.25, 0.3) is 10.8 Å². The first-order chi connectivity index (χ1) is 10.8. The molecule has 1 aromatic heterocycles. The van der Waals surface area contributed by atoms with E-state index in [2.05, 4.69) is 47.8 Å². The molecular weight excluding hydrogens is 290 g/mol. The maximum absolute atomic E-state index is 6.41. The van der Waals surface area contributed by atoms with Gasteiger partial charge in [-0.05, 0) is 42.0 Å². The van der Waals surface area contributed by atoms with Gasteiger partial charge in [-0.15, -0.1) is 11.3 Å². The number of fused-ring (bicyclic) bond motifs is 2. The Labute approximate surface area is 134 Å². The normalized spacial score (nSPS) is 15.5. The van der Waals surface area contributed by atoms with E-state index in [1.165, 1.54) is 34.2 Å². The molecule has 4 heteroatoms. The molecule has 0 spiro atoms. The van der Waals surface area contributed by atoms with E-state index in [-0.39, 0.29) is 6.17 Å². The van der Waals surface area contributed by atoms with Gasteiger partial charge >= 0.3 is 0 Å². The first-order valence-electron chi connectivity index (χ1n) is 7.79. The summed E-state index contributed by atoms with van der Waals surface area (Å²) in [7, 11) is 0. The molecule has 1 unspecified atom stereocenters. The van der Waals surface area contributed by atoms with Gasteiger partial charge in [-0.25, -0.2) is 4.98 Å². The molecule has 0 amide bonds. The summed E-state index contributed by atoms with van der Waals surface area (Å²) in [5.74, 6) is 0. The Morgan fingerprint density at radius 3 is 2.77 bits per heavy atom. The van der Waals surface area contributed by atoms with Crippen molar-refractivity contribution in [3.05, 3.63) is 58.6 Å². The van der Waals surface area contributed by atoms with Crippen LogP contribution in [0.3, 0.4) is 0 Å². The van der Waals surface area contributed by atoms with Gasteiger partial charge in [0.15, 0.2) is 5.13 Å². The average Bonchev–Trinajstić information content (AvgIpc) is 2.96. The highest BCUT2D eigenvalue weighted by molar-refractivity contribution is 7.15. The van der Waals surface area contributed by atoms with Gasteiger partial charge in [0.25, 0.3) is 0 Å². The summed E-state index contributed by atoms with van der Waals surface area (Å²) >= 11 is 1.76. The molecule has 0 fully saturated rings. The number of benzene rings is 2. The number of nitrogens with two attached hydrogens (primary N) is 1. The predicted molar refractivity (Wildman–Crippen MR) is 93.3 cm³/mol. The van der Waals surface area contributed by atoms with Gasteiger partial charge in [0.2, 0.25) is 0 Å². The van der Waals surface area contributed by atoms with E-state index in [9.17, 15) is 0 Å². The fourth-order valence-electron chi connectivity index (χ4n) is 3.15. The number of hydrogen-bond acceptors (Lipinski definition) is 4. The van der Waals surface area contributed by atoms with Crippen LogP contribution in [0.1, 0.15) is 35.1 Å². The zero-order valence-corrected chi connectivity index (χ0v) is 13.2. The summed E-state index contributed by atoms with van der Waals surface area (Å²) < 4.78 is 0. The number of rotatable bonds is 3. The molecular formula is C18H19N3S. The van der Waals surface area contributed by atoms with Gasteiger partial charge in [-0.2, -0.15) is 0 Å². The molecule has 112 valence electrons. The summed E-state index contributed by atoms with van der Waals surface area (Å²) in [6.07, 6.45) is 4.57. The molecule has 3 aromatic rings. The highest BCUT2D eigenvalue weighted by Gasteiger charge is 2.17. The number of nitrogens with one attached hydrogen (secondary N) is 1. The average molecular weight is 309 g/mol. The zero-order valence-electron chi connectivity index (χ0n) is 12.4. The third kappa shape index (κ3) is 2.49. The van der Waals surface area contributed by atoms with Crippen molar-refractivity contribution >= 4 is 27.2 Å². The van der Waals surface area contributed by atoms with E-state index >= 15 is 0 Å². The van der Waals surface area contributed by atoms with E-state index in [4.69, 9.17) is 10.7 Å². The van der Waals surface area contributed by atoms with E-state index in [1.54, 1.807) is 11.3 Å². The van der Waals surface area contributed by atoms with Crippen molar-refractivity contribution < 1.29 is 0 Å². The van der Waals surface area contributed by atoms with E-state index in [0.717, 1.165) is 23.5 Å². The van der Waals surface area contributed by atoms with Gasteiger partial charge in [-0.3, -0.25) is 0 Å². The second kappa shape index (κ2) is 5.71.